The van der Waals surface area contributed by atoms with Crippen LogP contribution in [0.25, 0.3) is 0 Å². The fourth-order valence-electron chi connectivity index (χ4n) is 0. The molecule has 0 saturated heterocycles. The van der Waals surface area contributed by atoms with E-state index < -0.39 is 0 Å². The lowest BCUT2D eigenvalue weighted by Gasteiger charge is -1.34. The van der Waals surface area contributed by atoms with E-state index in [1.54, 1.807) is 0 Å². The molecule has 0 heterocycles. The van der Waals surface area contributed by atoms with Crippen LogP contribution >= 0.6 is 20.1 Å². The van der Waals surface area contributed by atoms with Gasteiger partial charge < -0.3 is 0 Å². The standard InChI is InChI=1S/CH2ClOP/c2-1-4-3/h1H2/p+1. The molecule has 0 aliphatic rings. The third-order valence-corrected chi connectivity index (χ3v) is 0.491. The van der Waals surface area contributed by atoms with Gasteiger partial charge >= 0.3 is 8.46 Å². The molecule has 0 saturated carbocycles. The van der Waals surface area contributed by atoms with Crippen LogP contribution in [-0.4, -0.2) is 5.62 Å². The minimum atomic E-state index is -0.344. The quantitative estimate of drug-likeness (QED) is 0.355. The van der Waals surface area contributed by atoms with Crippen LogP contribution in [0.4, 0.5) is 0 Å². The molecular formula is CH3ClOP+. The van der Waals surface area contributed by atoms with Gasteiger partial charge in [0.05, 0.1) is 0 Å². The maximum atomic E-state index is 9.19. The predicted molar refractivity (Wildman–Crippen MR) is 19.7 cm³/mol. The first kappa shape index (κ1) is 4.39. The van der Waals surface area contributed by atoms with E-state index in [-0.39, 0.29) is 14.1 Å². The Morgan fingerprint density at radius 1 is 2.00 bits per heavy atom. The van der Waals surface area contributed by atoms with Crippen molar-refractivity contribution in [3.05, 3.63) is 0 Å². The molecule has 0 spiro atoms. The summed E-state index contributed by atoms with van der Waals surface area (Å²) in [6.07, 6.45) is 0. The maximum Gasteiger partial charge on any atom is 0.340 e. The molecule has 0 amide bonds. The zero-order valence-electron chi connectivity index (χ0n) is 1.99. The van der Waals surface area contributed by atoms with Gasteiger partial charge in [-0.25, -0.2) is 0 Å². The molecule has 0 fully saturated rings. The number of hydrogen-bond acceptors (Lipinski definition) is 1. The summed E-state index contributed by atoms with van der Waals surface area (Å²) in [6, 6.07) is 0. The minimum absolute atomic E-state index is 0.264. The zero-order chi connectivity index (χ0) is 3.41. The van der Waals surface area contributed by atoms with Gasteiger partial charge in [0.15, 0.2) is 0 Å². The lowest BCUT2D eigenvalue weighted by atomic mass is 11.9. The fraction of sp³-hybridized carbons (Fsp3) is 1.00. The van der Waals surface area contributed by atoms with E-state index in [0.717, 1.165) is 0 Å². The van der Waals surface area contributed by atoms with Gasteiger partial charge in [0.25, 0.3) is 0 Å². The van der Waals surface area contributed by atoms with Gasteiger partial charge in [-0.1, -0.05) is 16.2 Å². The molecule has 3 heteroatoms. The lowest BCUT2D eigenvalue weighted by Crippen LogP contribution is -1.29. The van der Waals surface area contributed by atoms with Crippen molar-refractivity contribution in [3.8, 4) is 0 Å². The van der Waals surface area contributed by atoms with E-state index in [1.165, 1.54) is 0 Å². The molecule has 0 aliphatic heterocycles. The van der Waals surface area contributed by atoms with Crippen LogP contribution in [0.3, 0.4) is 0 Å². The van der Waals surface area contributed by atoms with Crippen LogP contribution in [0.5, 0.6) is 0 Å². The van der Waals surface area contributed by atoms with E-state index in [0.29, 0.717) is 0 Å². The molecule has 0 bridgehead atoms. The second kappa shape index (κ2) is 3.39. The van der Waals surface area contributed by atoms with Gasteiger partial charge in [0.1, 0.15) is 0 Å². The van der Waals surface area contributed by atoms with Gasteiger partial charge in [0.2, 0.25) is 5.62 Å². The molecule has 0 aromatic heterocycles. The smallest absolute Gasteiger partial charge is 0.0761 e. The number of rotatable bonds is 1. The van der Waals surface area contributed by atoms with Gasteiger partial charge in [-0.2, -0.15) is 0 Å². The van der Waals surface area contributed by atoms with Gasteiger partial charge in [-0.15, -0.1) is 0 Å². The Labute approximate surface area is 31.2 Å². The van der Waals surface area contributed by atoms with E-state index in [9.17, 15) is 4.57 Å². The largest absolute Gasteiger partial charge is 0.340 e. The second-order valence-corrected chi connectivity index (χ2v) is 1.64. The first-order chi connectivity index (χ1) is 1.91. The van der Waals surface area contributed by atoms with Crippen LogP contribution in [0, 0.1) is 0 Å². The highest BCUT2D eigenvalue weighted by molar-refractivity contribution is 7.26. The summed E-state index contributed by atoms with van der Waals surface area (Å²) < 4.78 is 9.19. The Kier molecular flexibility index (Phi) is 3.72. The summed E-state index contributed by atoms with van der Waals surface area (Å²) in [6.45, 7) is 0. The van der Waals surface area contributed by atoms with Gasteiger partial charge in [0, 0.05) is 0 Å². The lowest BCUT2D eigenvalue weighted by molar-refractivity contribution is 0.601. The molecule has 1 unspecified atom stereocenters. The minimum Gasteiger partial charge on any atom is -0.0761 e. The van der Waals surface area contributed by atoms with Crippen molar-refractivity contribution < 1.29 is 4.57 Å². The summed E-state index contributed by atoms with van der Waals surface area (Å²) in [5, 5.41) is 0. The molecule has 1 atom stereocenters. The predicted octanol–water partition coefficient (Wildman–Crippen LogP) is 1.21. The van der Waals surface area contributed by atoms with Gasteiger partial charge in [-0.05, 0) is 0 Å². The Morgan fingerprint density at radius 2 is 2.25 bits per heavy atom. The molecule has 0 radical (unpaired) electrons. The Balaban J connectivity index is 2.30. The number of hydrogen-bond donors (Lipinski definition) is 0. The number of halogens is 1. The van der Waals surface area contributed by atoms with Crippen molar-refractivity contribution in [2.75, 3.05) is 5.62 Å². The Bertz CT molecular complexity index is 22.0. The van der Waals surface area contributed by atoms with E-state index in [4.69, 9.17) is 11.6 Å². The molecule has 0 aromatic carbocycles. The molecule has 1 nitrogen and oxygen atoms in total. The average molecular weight is 97.5 g/mol. The van der Waals surface area contributed by atoms with Crippen LogP contribution < -0.4 is 0 Å². The third-order valence-electron chi connectivity index (χ3n) is 0.0546. The molecule has 4 heavy (non-hydrogen) atoms. The zero-order valence-corrected chi connectivity index (χ0v) is 3.75. The van der Waals surface area contributed by atoms with Crippen LogP contribution in [0.1, 0.15) is 0 Å². The molecule has 0 aliphatic carbocycles. The molecule has 0 rings (SSSR count). The molecule has 24 valence electrons. The highest BCUT2D eigenvalue weighted by atomic mass is 35.5. The first-order valence-electron chi connectivity index (χ1n) is 0.825. The second-order valence-electron chi connectivity index (χ2n) is 0.278. The van der Waals surface area contributed by atoms with E-state index in [1.807, 2.05) is 0 Å². The highest BCUT2D eigenvalue weighted by Gasteiger charge is 1.70. The Morgan fingerprint density at radius 3 is 2.25 bits per heavy atom. The van der Waals surface area contributed by atoms with Crippen molar-refractivity contribution >= 4 is 20.1 Å². The van der Waals surface area contributed by atoms with Crippen molar-refractivity contribution in [3.63, 3.8) is 0 Å². The van der Waals surface area contributed by atoms with Gasteiger partial charge in [-0.3, -0.25) is 0 Å². The van der Waals surface area contributed by atoms with Crippen molar-refractivity contribution in [2.24, 2.45) is 0 Å². The topological polar surface area (TPSA) is 17.1 Å². The molecular weight excluding hydrogens is 94.4 g/mol. The summed E-state index contributed by atoms with van der Waals surface area (Å²) in [7, 11) is -0.344. The monoisotopic (exact) mass is 97.0 g/mol. The van der Waals surface area contributed by atoms with Crippen molar-refractivity contribution in [2.45, 2.75) is 0 Å². The molecule has 0 aromatic rings. The maximum absolute atomic E-state index is 9.19. The van der Waals surface area contributed by atoms with E-state index >= 15 is 0 Å². The summed E-state index contributed by atoms with van der Waals surface area (Å²) >= 11 is 4.89. The SMILES string of the molecule is O=[PH+]CCl. The number of alkyl halides is 1. The summed E-state index contributed by atoms with van der Waals surface area (Å²) in [4.78, 5) is 0. The van der Waals surface area contributed by atoms with Crippen LogP contribution in [0.15, 0.2) is 0 Å². The summed E-state index contributed by atoms with van der Waals surface area (Å²) in [5.74, 6) is 0. The van der Waals surface area contributed by atoms with Crippen molar-refractivity contribution in [1.82, 2.24) is 0 Å². The average Bonchev–Trinajstić information content (AvgIpc) is 1.37. The first-order valence-corrected chi connectivity index (χ1v) is 2.47. The van der Waals surface area contributed by atoms with E-state index in [2.05, 4.69) is 0 Å². The highest BCUT2D eigenvalue weighted by Crippen LogP contribution is 1.90. The van der Waals surface area contributed by atoms with Crippen molar-refractivity contribution in [1.29, 1.82) is 0 Å². The third kappa shape index (κ3) is 2.39. The normalized spacial score (nSPS) is 8.25. The Hall–Kier alpha value is 0.390. The van der Waals surface area contributed by atoms with Crippen LogP contribution in [-0.2, 0) is 4.57 Å². The van der Waals surface area contributed by atoms with Crippen LogP contribution in [0.2, 0.25) is 0 Å². The molecule has 0 N–H and O–H groups in total. The summed E-state index contributed by atoms with van der Waals surface area (Å²) in [5.41, 5.74) is 0.264. The fourth-order valence-corrected chi connectivity index (χ4v) is 0.